The maximum absolute atomic E-state index is 13.2. The number of aryl methyl sites for hydroxylation is 1. The molecule has 1 amide bonds. The molecule has 1 aromatic heterocycles. The number of fused-ring (bicyclic) bond motifs is 1. The number of carboxylic acids is 1. The minimum atomic E-state index is -1.06. The molecule has 2 rings (SSSR count). The Bertz CT molecular complexity index is 714. The van der Waals surface area contributed by atoms with E-state index in [1.54, 1.807) is 23.7 Å². The van der Waals surface area contributed by atoms with Crippen LogP contribution in [0.25, 0.3) is 10.9 Å². The van der Waals surface area contributed by atoms with E-state index < -0.39 is 17.9 Å². The molecule has 1 atom stereocenters. The van der Waals surface area contributed by atoms with Gasteiger partial charge in [-0.05, 0) is 42.7 Å². The number of aliphatic carboxylic acids is 1. The van der Waals surface area contributed by atoms with Crippen LogP contribution in [0.3, 0.4) is 0 Å². The van der Waals surface area contributed by atoms with Crippen molar-refractivity contribution in [3.63, 3.8) is 0 Å². The van der Waals surface area contributed by atoms with Gasteiger partial charge in [0.05, 0.1) is 0 Å². The Hall–Kier alpha value is -2.02. The summed E-state index contributed by atoms with van der Waals surface area (Å²) in [5.41, 5.74) is 1.01. The van der Waals surface area contributed by atoms with E-state index in [0.717, 1.165) is 0 Å². The summed E-state index contributed by atoms with van der Waals surface area (Å²) in [5, 5.41) is 12.3. The summed E-state index contributed by atoms with van der Waals surface area (Å²) in [6.45, 7) is 0. The zero-order valence-corrected chi connectivity index (χ0v) is 13.1. The molecular formula is C15H17FN2O3S. The molecule has 7 heteroatoms. The van der Waals surface area contributed by atoms with Gasteiger partial charge in [-0.25, -0.2) is 9.18 Å². The Labute approximate surface area is 131 Å². The quantitative estimate of drug-likeness (QED) is 0.855. The van der Waals surface area contributed by atoms with Gasteiger partial charge in [-0.3, -0.25) is 4.79 Å². The molecule has 0 saturated carbocycles. The Balaban J connectivity index is 2.25. The van der Waals surface area contributed by atoms with Crippen molar-refractivity contribution in [2.45, 2.75) is 12.5 Å². The molecule has 0 fully saturated rings. The fourth-order valence-electron chi connectivity index (χ4n) is 2.26. The fraction of sp³-hybridized carbons (Fsp3) is 0.333. The van der Waals surface area contributed by atoms with Gasteiger partial charge < -0.3 is 15.0 Å². The topological polar surface area (TPSA) is 71.3 Å². The number of amides is 1. The predicted octanol–water partition coefficient (Wildman–Crippen LogP) is 2.25. The van der Waals surface area contributed by atoms with Gasteiger partial charge in [-0.15, -0.1) is 0 Å². The Morgan fingerprint density at radius 1 is 1.41 bits per heavy atom. The van der Waals surface area contributed by atoms with Crippen molar-refractivity contribution in [2.24, 2.45) is 7.05 Å². The third kappa shape index (κ3) is 3.41. The summed E-state index contributed by atoms with van der Waals surface area (Å²) in [5.74, 6) is -1.29. The van der Waals surface area contributed by atoms with Crippen LogP contribution in [0.4, 0.5) is 4.39 Å². The van der Waals surface area contributed by atoms with E-state index in [1.165, 1.54) is 23.9 Å². The van der Waals surface area contributed by atoms with E-state index >= 15 is 0 Å². The lowest BCUT2D eigenvalue weighted by molar-refractivity contribution is -0.139. The molecule has 5 nitrogen and oxygen atoms in total. The smallest absolute Gasteiger partial charge is 0.326 e. The number of nitrogens with zero attached hydrogens (tertiary/aromatic N) is 1. The molecule has 118 valence electrons. The van der Waals surface area contributed by atoms with E-state index in [-0.39, 0.29) is 5.82 Å². The normalized spacial score (nSPS) is 12.3. The van der Waals surface area contributed by atoms with Crippen LogP contribution in [-0.4, -0.2) is 39.6 Å². The van der Waals surface area contributed by atoms with Gasteiger partial charge in [-0.1, -0.05) is 0 Å². The van der Waals surface area contributed by atoms with Crippen molar-refractivity contribution in [3.8, 4) is 0 Å². The van der Waals surface area contributed by atoms with E-state index in [2.05, 4.69) is 5.32 Å². The standard InChI is InChI=1S/C15H17FN2O3S/c1-18-12-4-3-10(16)7-9(12)8-13(18)14(19)17-11(15(20)21)5-6-22-2/h3-4,7-8,11H,5-6H2,1-2H3,(H,17,19)(H,20,21)/t11-/m0/s1. The molecular weight excluding hydrogens is 307 g/mol. The van der Waals surface area contributed by atoms with E-state index in [9.17, 15) is 14.0 Å². The molecule has 2 aromatic rings. The van der Waals surface area contributed by atoms with Crippen molar-refractivity contribution in [2.75, 3.05) is 12.0 Å². The highest BCUT2D eigenvalue weighted by molar-refractivity contribution is 7.98. The van der Waals surface area contributed by atoms with Gasteiger partial charge in [-0.2, -0.15) is 11.8 Å². The largest absolute Gasteiger partial charge is 0.480 e. The number of halogens is 1. The Kier molecular flexibility index (Phi) is 5.07. The predicted molar refractivity (Wildman–Crippen MR) is 84.8 cm³/mol. The van der Waals surface area contributed by atoms with Crippen molar-refractivity contribution in [1.29, 1.82) is 0 Å². The molecule has 1 aromatic carbocycles. The van der Waals surface area contributed by atoms with E-state index in [1.807, 2.05) is 6.26 Å². The molecule has 0 aliphatic carbocycles. The number of hydrogen-bond donors (Lipinski definition) is 2. The number of thioether (sulfide) groups is 1. The summed E-state index contributed by atoms with van der Waals surface area (Å²) in [6.07, 6.45) is 2.22. The summed E-state index contributed by atoms with van der Waals surface area (Å²) in [4.78, 5) is 23.5. The van der Waals surface area contributed by atoms with Crippen LogP contribution < -0.4 is 5.32 Å². The molecule has 0 aliphatic heterocycles. The van der Waals surface area contributed by atoms with Crippen LogP contribution >= 0.6 is 11.8 Å². The number of carbonyl (C=O) groups excluding carboxylic acids is 1. The zero-order valence-electron chi connectivity index (χ0n) is 12.3. The maximum Gasteiger partial charge on any atom is 0.326 e. The average Bonchev–Trinajstić information content (AvgIpc) is 2.79. The molecule has 0 spiro atoms. The van der Waals surface area contributed by atoms with Crippen molar-refractivity contribution in [3.05, 3.63) is 35.8 Å². The minimum absolute atomic E-state index is 0.302. The molecule has 1 heterocycles. The molecule has 2 N–H and O–H groups in total. The van der Waals surface area contributed by atoms with Gasteiger partial charge >= 0.3 is 5.97 Å². The number of aromatic nitrogens is 1. The molecule has 0 bridgehead atoms. The van der Waals surface area contributed by atoms with Crippen LogP contribution in [0.1, 0.15) is 16.9 Å². The van der Waals surface area contributed by atoms with E-state index in [4.69, 9.17) is 5.11 Å². The highest BCUT2D eigenvalue weighted by Crippen LogP contribution is 2.20. The second kappa shape index (κ2) is 6.83. The zero-order chi connectivity index (χ0) is 16.3. The Morgan fingerprint density at radius 2 is 2.14 bits per heavy atom. The highest BCUT2D eigenvalue weighted by atomic mass is 32.2. The average molecular weight is 324 g/mol. The minimum Gasteiger partial charge on any atom is -0.480 e. The van der Waals surface area contributed by atoms with Crippen LogP contribution in [0.2, 0.25) is 0 Å². The second-order valence-corrected chi connectivity index (χ2v) is 5.92. The van der Waals surface area contributed by atoms with Gasteiger partial charge in [0.15, 0.2) is 0 Å². The lowest BCUT2D eigenvalue weighted by Crippen LogP contribution is -2.41. The van der Waals surface area contributed by atoms with Gasteiger partial charge in [0.2, 0.25) is 0 Å². The summed E-state index contributed by atoms with van der Waals surface area (Å²) >= 11 is 1.52. The number of carbonyl (C=O) groups is 2. The number of rotatable bonds is 6. The van der Waals surface area contributed by atoms with Gasteiger partial charge in [0, 0.05) is 18.0 Å². The van der Waals surface area contributed by atoms with Gasteiger partial charge in [0.1, 0.15) is 17.6 Å². The fourth-order valence-corrected chi connectivity index (χ4v) is 2.73. The highest BCUT2D eigenvalue weighted by Gasteiger charge is 2.22. The molecule has 0 unspecified atom stereocenters. The first kappa shape index (κ1) is 16.4. The summed E-state index contributed by atoms with van der Waals surface area (Å²) < 4.78 is 14.9. The number of benzene rings is 1. The third-order valence-electron chi connectivity index (χ3n) is 3.45. The second-order valence-electron chi connectivity index (χ2n) is 4.94. The number of hydrogen-bond acceptors (Lipinski definition) is 3. The summed E-state index contributed by atoms with van der Waals surface area (Å²) in [6, 6.07) is 4.87. The number of carboxylic acid groups (broad SMARTS) is 1. The monoisotopic (exact) mass is 324 g/mol. The van der Waals surface area contributed by atoms with Crippen molar-refractivity contribution < 1.29 is 19.1 Å². The molecule has 22 heavy (non-hydrogen) atoms. The SMILES string of the molecule is CSCC[C@H](NC(=O)c1cc2cc(F)ccc2n1C)C(=O)O. The van der Waals surface area contributed by atoms with Crippen LogP contribution in [-0.2, 0) is 11.8 Å². The number of nitrogens with one attached hydrogen (secondary N) is 1. The Morgan fingerprint density at radius 3 is 2.77 bits per heavy atom. The van der Waals surface area contributed by atoms with Crippen LogP contribution in [0.15, 0.2) is 24.3 Å². The maximum atomic E-state index is 13.2. The van der Waals surface area contributed by atoms with Gasteiger partial charge in [0.25, 0.3) is 5.91 Å². The first-order valence-electron chi connectivity index (χ1n) is 6.71. The lowest BCUT2D eigenvalue weighted by atomic mass is 10.2. The molecule has 0 saturated heterocycles. The molecule has 0 radical (unpaired) electrons. The van der Waals surface area contributed by atoms with E-state index in [0.29, 0.717) is 28.8 Å². The van der Waals surface area contributed by atoms with Crippen LogP contribution in [0, 0.1) is 5.82 Å². The lowest BCUT2D eigenvalue weighted by Gasteiger charge is -2.14. The van der Waals surface area contributed by atoms with Crippen molar-refractivity contribution >= 4 is 34.5 Å². The molecule has 0 aliphatic rings. The van der Waals surface area contributed by atoms with Crippen molar-refractivity contribution in [1.82, 2.24) is 9.88 Å². The first-order chi connectivity index (χ1) is 10.4. The van der Waals surface area contributed by atoms with Crippen LogP contribution in [0.5, 0.6) is 0 Å². The third-order valence-corrected chi connectivity index (χ3v) is 4.10. The first-order valence-corrected chi connectivity index (χ1v) is 8.11. The summed E-state index contributed by atoms with van der Waals surface area (Å²) in [7, 11) is 1.69.